The van der Waals surface area contributed by atoms with E-state index in [0.717, 1.165) is 5.57 Å². The lowest BCUT2D eigenvalue weighted by atomic mass is 9.45. The lowest BCUT2D eigenvalue weighted by Gasteiger charge is -2.60. The molecule has 1 spiro atoms. The Balaban J connectivity index is 1.91. The van der Waals surface area contributed by atoms with Crippen LogP contribution in [0.1, 0.15) is 64.2 Å². The molecule has 4 rings (SSSR count). The minimum atomic E-state index is -1.20. The number of carbonyl (C=O) groups excluding carboxylic acids is 3. The summed E-state index contributed by atoms with van der Waals surface area (Å²) in [4.78, 5) is 37.8. The van der Waals surface area contributed by atoms with Crippen LogP contribution in [0.4, 0.5) is 0 Å². The zero-order valence-corrected chi connectivity index (χ0v) is 23.2. The second-order valence-electron chi connectivity index (χ2n) is 11.2. The van der Waals surface area contributed by atoms with Gasteiger partial charge in [0, 0.05) is 19.4 Å². The summed E-state index contributed by atoms with van der Waals surface area (Å²) >= 11 is 0. The molecule has 1 aliphatic heterocycles. The van der Waals surface area contributed by atoms with Crippen LogP contribution in [0.3, 0.4) is 0 Å². The van der Waals surface area contributed by atoms with Crippen molar-refractivity contribution in [1.29, 1.82) is 0 Å². The molecule has 1 aromatic rings. The molecular weight excluding hydrogens is 500 g/mol. The van der Waals surface area contributed by atoms with Gasteiger partial charge in [-0.3, -0.25) is 14.3 Å². The van der Waals surface area contributed by atoms with E-state index in [0.29, 0.717) is 30.4 Å². The minimum Gasteiger partial charge on any atom is -0.458 e. The van der Waals surface area contributed by atoms with Gasteiger partial charge in [0.15, 0.2) is 0 Å². The number of benzene rings is 1. The number of rotatable bonds is 7. The van der Waals surface area contributed by atoms with Crippen LogP contribution in [0.5, 0.6) is 0 Å². The van der Waals surface area contributed by atoms with Gasteiger partial charge in [-0.1, -0.05) is 56.4 Å². The van der Waals surface area contributed by atoms with Gasteiger partial charge in [-0.2, -0.15) is 0 Å². The monoisotopic (exact) mass is 538 g/mol. The number of hydrogen-bond donors (Lipinski definition) is 1. The summed E-state index contributed by atoms with van der Waals surface area (Å²) in [5.41, 5.74) is 0.233. The van der Waals surface area contributed by atoms with Gasteiger partial charge in [0.25, 0.3) is 0 Å². The molecule has 0 aromatic heterocycles. The Hall–Kier alpha value is -3.23. The molecule has 2 aliphatic carbocycles. The molecule has 1 aromatic carbocycles. The molecule has 210 valence electrons. The van der Waals surface area contributed by atoms with Crippen LogP contribution in [0.2, 0.25) is 0 Å². The molecule has 1 N–H and O–H groups in total. The average molecular weight is 539 g/mol. The highest BCUT2D eigenvalue weighted by molar-refractivity contribution is 5.89. The number of hydrogen-bond acceptors (Lipinski definition) is 8. The smallest absolute Gasteiger partial charge is 0.338 e. The maximum Gasteiger partial charge on any atom is 0.338 e. The fraction of sp³-hybridized carbons (Fsp3) is 0.516. The quantitative estimate of drug-likeness (QED) is 0.226. The van der Waals surface area contributed by atoms with Crippen LogP contribution in [0, 0.1) is 22.7 Å². The van der Waals surface area contributed by atoms with E-state index < -0.39 is 53.5 Å². The van der Waals surface area contributed by atoms with Gasteiger partial charge in [0.1, 0.15) is 11.5 Å². The Bertz CT molecular complexity index is 1190. The van der Waals surface area contributed by atoms with Gasteiger partial charge in [-0.05, 0) is 61.6 Å². The number of ether oxygens (including phenoxy) is 4. The highest BCUT2D eigenvalue weighted by atomic mass is 16.8. The van der Waals surface area contributed by atoms with Crippen molar-refractivity contribution in [3.8, 4) is 0 Å². The molecule has 0 unspecified atom stereocenters. The Morgan fingerprint density at radius 2 is 1.74 bits per heavy atom. The lowest BCUT2D eigenvalue weighted by Crippen LogP contribution is -2.63. The number of allylic oxidation sites excluding steroid dienone is 3. The first-order valence-corrected chi connectivity index (χ1v) is 13.4. The first-order valence-electron chi connectivity index (χ1n) is 13.4. The molecule has 39 heavy (non-hydrogen) atoms. The van der Waals surface area contributed by atoms with E-state index in [9.17, 15) is 19.5 Å². The van der Waals surface area contributed by atoms with Gasteiger partial charge in [-0.15, -0.1) is 0 Å². The van der Waals surface area contributed by atoms with E-state index in [1.165, 1.54) is 13.8 Å². The molecule has 8 heteroatoms. The van der Waals surface area contributed by atoms with Gasteiger partial charge in [0.05, 0.1) is 11.7 Å². The van der Waals surface area contributed by atoms with Crippen LogP contribution in [-0.2, 0) is 28.5 Å². The highest BCUT2D eigenvalue weighted by Crippen LogP contribution is 2.67. The molecule has 8 nitrogen and oxygen atoms in total. The molecule has 1 saturated heterocycles. The molecule has 1 saturated carbocycles. The van der Waals surface area contributed by atoms with E-state index in [4.69, 9.17) is 18.9 Å². The fourth-order valence-corrected chi connectivity index (χ4v) is 6.69. The highest BCUT2D eigenvalue weighted by Gasteiger charge is 2.72. The summed E-state index contributed by atoms with van der Waals surface area (Å²) in [7, 11) is 0. The van der Waals surface area contributed by atoms with E-state index >= 15 is 0 Å². The molecule has 0 bridgehead atoms. The van der Waals surface area contributed by atoms with Crippen molar-refractivity contribution in [3.63, 3.8) is 0 Å². The predicted molar refractivity (Wildman–Crippen MR) is 143 cm³/mol. The first-order chi connectivity index (χ1) is 18.4. The Morgan fingerprint density at radius 1 is 1.08 bits per heavy atom. The number of esters is 3. The van der Waals surface area contributed by atoms with Crippen molar-refractivity contribution in [1.82, 2.24) is 0 Å². The summed E-state index contributed by atoms with van der Waals surface area (Å²) in [5, 5.41) is 11.1. The van der Waals surface area contributed by atoms with Crippen LogP contribution in [0.25, 0.3) is 0 Å². The van der Waals surface area contributed by atoms with E-state index in [2.05, 4.69) is 26.5 Å². The van der Waals surface area contributed by atoms with Crippen LogP contribution in [-0.4, -0.2) is 47.8 Å². The maximum atomic E-state index is 13.4. The standard InChI is InChI=1S/C31H38O8/c1-7-18(2)13-14-30(6)19(3)15-26(38-27(35)22-11-9-8-10-12-22)31-24(16-23(34)17-25(30)31)28(36-20(4)32)39-29(31)37-21(5)33/h7-13,16,19,23,25-26,28-29,34H,1,14-15,17H2,2-6H3/t19-,23-,25+,26+,28+,29+,30-,31-/m0/s1. The van der Waals surface area contributed by atoms with Crippen molar-refractivity contribution in [2.24, 2.45) is 22.7 Å². The van der Waals surface area contributed by atoms with Gasteiger partial charge in [-0.25, -0.2) is 4.79 Å². The Morgan fingerprint density at radius 3 is 2.36 bits per heavy atom. The number of aliphatic hydroxyl groups is 1. The second kappa shape index (κ2) is 11.1. The van der Waals surface area contributed by atoms with Crippen molar-refractivity contribution in [2.75, 3.05) is 0 Å². The first kappa shape index (κ1) is 28.8. The van der Waals surface area contributed by atoms with Gasteiger partial charge in [0.2, 0.25) is 12.6 Å². The van der Waals surface area contributed by atoms with Crippen LogP contribution >= 0.6 is 0 Å². The van der Waals surface area contributed by atoms with E-state index in [1.54, 1.807) is 36.4 Å². The Kier molecular flexibility index (Phi) is 8.19. The van der Waals surface area contributed by atoms with Crippen molar-refractivity contribution in [3.05, 3.63) is 71.8 Å². The van der Waals surface area contributed by atoms with Crippen molar-refractivity contribution < 1.29 is 38.4 Å². The number of carbonyl (C=O) groups is 3. The third-order valence-electron chi connectivity index (χ3n) is 8.83. The maximum absolute atomic E-state index is 13.4. The lowest BCUT2D eigenvalue weighted by molar-refractivity contribution is -0.253. The molecule has 0 amide bonds. The average Bonchev–Trinajstić information content (AvgIpc) is 3.17. The summed E-state index contributed by atoms with van der Waals surface area (Å²) in [6.45, 7) is 12.6. The topological polar surface area (TPSA) is 108 Å². The zero-order chi connectivity index (χ0) is 28.5. The second-order valence-corrected chi connectivity index (χ2v) is 11.2. The molecule has 0 radical (unpaired) electrons. The normalized spacial score (nSPS) is 35.6. The SMILES string of the molecule is C=CC(C)=CC[C@]1(C)[C@H]2C[C@@H](O)C=C3[C@H](OC(C)=O)O[C@@H](OC(C)=O)[C@@]32[C@H](OC(=O)c2ccccc2)C[C@@H]1C. The summed E-state index contributed by atoms with van der Waals surface area (Å²) in [5.74, 6) is -2.03. The molecule has 8 atom stereocenters. The fourth-order valence-electron chi connectivity index (χ4n) is 6.69. The third kappa shape index (κ3) is 5.20. The van der Waals surface area contributed by atoms with E-state index in [1.807, 2.05) is 13.0 Å². The van der Waals surface area contributed by atoms with Crippen molar-refractivity contribution in [2.45, 2.75) is 78.7 Å². The van der Waals surface area contributed by atoms with E-state index in [-0.39, 0.29) is 11.8 Å². The largest absolute Gasteiger partial charge is 0.458 e. The zero-order valence-electron chi connectivity index (χ0n) is 23.2. The molecule has 1 heterocycles. The molecule has 2 fully saturated rings. The molecular formula is C31H38O8. The minimum absolute atomic E-state index is 0.0351. The summed E-state index contributed by atoms with van der Waals surface area (Å²) in [6.07, 6.45) is 2.85. The summed E-state index contributed by atoms with van der Waals surface area (Å²) in [6, 6.07) is 8.67. The van der Waals surface area contributed by atoms with Crippen LogP contribution < -0.4 is 0 Å². The van der Waals surface area contributed by atoms with Crippen LogP contribution in [0.15, 0.2) is 66.3 Å². The third-order valence-corrected chi connectivity index (χ3v) is 8.83. The van der Waals surface area contributed by atoms with Gasteiger partial charge >= 0.3 is 17.9 Å². The summed E-state index contributed by atoms with van der Waals surface area (Å²) < 4.78 is 23.7. The van der Waals surface area contributed by atoms with Crippen molar-refractivity contribution >= 4 is 17.9 Å². The predicted octanol–water partition coefficient (Wildman–Crippen LogP) is 4.88. The molecule has 3 aliphatic rings. The van der Waals surface area contributed by atoms with Gasteiger partial charge < -0.3 is 19.3 Å². The number of aliphatic hydroxyl groups excluding tert-OH is 1. The Labute approximate surface area is 229 Å².